The van der Waals surface area contributed by atoms with Crippen molar-refractivity contribution >= 4 is 11.0 Å². The van der Waals surface area contributed by atoms with Crippen molar-refractivity contribution in [2.45, 2.75) is 79.1 Å². The average Bonchev–Trinajstić information content (AvgIpc) is 3.95. The third-order valence-corrected chi connectivity index (χ3v) is 10.7. The van der Waals surface area contributed by atoms with E-state index < -0.39 is 0 Å². The second-order valence-electron chi connectivity index (χ2n) is 15.9. The minimum atomic E-state index is -0.213. The van der Waals surface area contributed by atoms with E-state index in [1.807, 2.05) is 82.4 Å². The van der Waals surface area contributed by atoms with Crippen molar-refractivity contribution in [1.82, 2.24) is 28.7 Å². The molecular weight excluding hydrogens is 884 g/mol. The topological polar surface area (TPSA) is 62.6 Å². The van der Waals surface area contributed by atoms with Crippen molar-refractivity contribution in [2.75, 3.05) is 0 Å². The first-order chi connectivity index (χ1) is 27.0. The Balaban J connectivity index is 0.00000496. The van der Waals surface area contributed by atoms with Crippen LogP contribution in [0.25, 0.3) is 56.0 Å². The second-order valence-corrected chi connectivity index (χ2v) is 15.9. The maximum absolute atomic E-state index is 14.6. The van der Waals surface area contributed by atoms with Gasteiger partial charge in [-0.25, -0.2) is 4.79 Å². The number of aromatic nitrogens is 6. The molecule has 7 nitrogen and oxygen atoms in total. The first-order valence-electron chi connectivity index (χ1n) is 19.7. The molecule has 0 amide bonds. The Kier molecular flexibility index (Phi) is 11.2. The number of benzene rings is 5. The van der Waals surface area contributed by atoms with E-state index in [0.29, 0.717) is 34.9 Å². The fourth-order valence-electron chi connectivity index (χ4n) is 7.94. The van der Waals surface area contributed by atoms with Crippen LogP contribution >= 0.6 is 0 Å². The van der Waals surface area contributed by atoms with E-state index in [2.05, 4.69) is 116 Å². The number of fused-ring (bicyclic) bond motifs is 1. The number of hydrogen-bond acceptors (Lipinski definition) is 3. The molecular formula is C49H48N6OPt. The van der Waals surface area contributed by atoms with Crippen LogP contribution in [0.4, 0.5) is 0 Å². The molecule has 0 spiro atoms. The zero-order chi connectivity index (χ0) is 39.2. The Morgan fingerprint density at radius 1 is 0.491 bits per heavy atom. The van der Waals surface area contributed by atoms with Gasteiger partial charge in [-0.1, -0.05) is 116 Å². The first kappa shape index (κ1) is 39.7. The fourth-order valence-corrected chi connectivity index (χ4v) is 7.94. The third-order valence-electron chi connectivity index (χ3n) is 10.7. The molecule has 8 aromatic rings. The molecule has 0 fully saturated rings. The standard InChI is InChI=1S/C49H48N6O.Pt/c1-31(2)41-19-13-20-42(32(3)4)47(41)35-27-50-52(29-35)38-17-12-18-40(25-38)55-46-26-39(23-24-45(46)54(49(55)56)37-15-10-9-11-16-37)53-30-36(28-51-53)48-43(33(5)6)21-14-22-44(48)34(7)8;/h9-24,27-34H,1-8H3;/q-2;+2. The van der Waals surface area contributed by atoms with Crippen molar-refractivity contribution < 1.29 is 21.1 Å². The van der Waals surface area contributed by atoms with E-state index in [0.717, 1.165) is 33.7 Å². The summed E-state index contributed by atoms with van der Waals surface area (Å²) >= 11 is 0. The summed E-state index contributed by atoms with van der Waals surface area (Å²) in [6.45, 7) is 17.9. The quantitative estimate of drug-likeness (QED) is 0.128. The molecule has 0 saturated heterocycles. The second kappa shape index (κ2) is 16.1. The third kappa shape index (κ3) is 7.30. The molecule has 57 heavy (non-hydrogen) atoms. The summed E-state index contributed by atoms with van der Waals surface area (Å²) < 4.78 is 7.14. The van der Waals surface area contributed by atoms with Crippen LogP contribution in [0, 0.1) is 12.1 Å². The van der Waals surface area contributed by atoms with Crippen LogP contribution in [0.2, 0.25) is 0 Å². The molecule has 3 aromatic heterocycles. The van der Waals surface area contributed by atoms with Gasteiger partial charge in [-0.2, -0.15) is 16.3 Å². The zero-order valence-electron chi connectivity index (χ0n) is 33.8. The van der Waals surface area contributed by atoms with Crippen LogP contribution in [0.15, 0.2) is 127 Å². The number of nitrogens with zero attached hydrogens (tertiary/aromatic N) is 6. The van der Waals surface area contributed by atoms with Gasteiger partial charge in [-0.05, 0) is 91.6 Å². The van der Waals surface area contributed by atoms with E-state index >= 15 is 0 Å². The first-order valence-corrected chi connectivity index (χ1v) is 19.7. The van der Waals surface area contributed by atoms with E-state index in [1.165, 1.54) is 33.4 Å². The summed E-state index contributed by atoms with van der Waals surface area (Å²) in [5.41, 5.74) is 13.8. The van der Waals surface area contributed by atoms with Gasteiger partial charge in [-0.3, -0.25) is 9.36 Å². The summed E-state index contributed by atoms with van der Waals surface area (Å²) in [6, 6.07) is 39.8. The smallest absolute Gasteiger partial charge is 0.315 e. The minimum absolute atomic E-state index is 0. The maximum Gasteiger partial charge on any atom is 2.00 e. The van der Waals surface area contributed by atoms with Gasteiger partial charge in [0.2, 0.25) is 0 Å². The van der Waals surface area contributed by atoms with E-state index in [9.17, 15) is 4.79 Å². The summed E-state index contributed by atoms with van der Waals surface area (Å²) in [7, 11) is 0. The molecule has 0 atom stereocenters. The Morgan fingerprint density at radius 3 is 1.44 bits per heavy atom. The number of para-hydroxylation sites is 1. The Morgan fingerprint density at radius 2 is 0.947 bits per heavy atom. The molecule has 0 aliphatic carbocycles. The van der Waals surface area contributed by atoms with E-state index in [4.69, 9.17) is 10.2 Å². The largest absolute Gasteiger partial charge is 2.00 e. The molecule has 0 radical (unpaired) electrons. The van der Waals surface area contributed by atoms with Crippen LogP contribution in [-0.2, 0) is 21.1 Å². The van der Waals surface area contributed by atoms with E-state index in [1.54, 1.807) is 9.13 Å². The van der Waals surface area contributed by atoms with E-state index in [-0.39, 0.29) is 26.8 Å². The summed E-state index contributed by atoms with van der Waals surface area (Å²) in [6.07, 6.45) is 8.02. The molecule has 0 aliphatic heterocycles. The molecule has 0 saturated carbocycles. The number of imidazole rings is 1. The summed E-state index contributed by atoms with van der Waals surface area (Å²) in [5, 5.41) is 9.67. The Labute approximate surface area is 349 Å². The minimum Gasteiger partial charge on any atom is -0.315 e. The molecule has 0 unspecified atom stereocenters. The van der Waals surface area contributed by atoms with Crippen LogP contribution < -0.4 is 5.69 Å². The SMILES string of the molecule is CC(C)c1cccc(C(C)C)c1-c1cnn(-c2[c-]c(-n3c(=O)n(-c4ccccc4)c4ccc(-n5cc(-c6c(C(C)C)cccc6C(C)C)cn5)[c-]c43)ccc2)c1.[Pt+2]. The van der Waals surface area contributed by atoms with Crippen molar-refractivity contribution in [2.24, 2.45) is 0 Å². The molecule has 290 valence electrons. The average molecular weight is 932 g/mol. The summed E-state index contributed by atoms with van der Waals surface area (Å²) in [4.78, 5) is 14.6. The van der Waals surface area contributed by atoms with Crippen LogP contribution in [-0.4, -0.2) is 28.7 Å². The van der Waals surface area contributed by atoms with Crippen molar-refractivity contribution in [1.29, 1.82) is 0 Å². The van der Waals surface area contributed by atoms with Gasteiger partial charge in [-0.15, -0.1) is 36.4 Å². The monoisotopic (exact) mass is 931 g/mol. The predicted octanol–water partition coefficient (Wildman–Crippen LogP) is 11.6. The van der Waals surface area contributed by atoms with Crippen LogP contribution in [0.1, 0.15) is 101 Å². The molecule has 3 heterocycles. The predicted molar refractivity (Wildman–Crippen MR) is 228 cm³/mol. The Bertz CT molecular complexity index is 2690. The number of rotatable bonds is 10. The van der Waals surface area contributed by atoms with Gasteiger partial charge in [0.05, 0.1) is 12.4 Å². The van der Waals surface area contributed by atoms with Gasteiger partial charge >= 0.3 is 26.8 Å². The van der Waals surface area contributed by atoms with Gasteiger partial charge in [0.1, 0.15) is 0 Å². The Hall–Kier alpha value is -5.52. The molecule has 5 aromatic carbocycles. The van der Waals surface area contributed by atoms with Gasteiger partial charge in [0, 0.05) is 29.2 Å². The van der Waals surface area contributed by atoms with Crippen molar-refractivity contribution in [3.63, 3.8) is 0 Å². The van der Waals surface area contributed by atoms with Crippen LogP contribution in [0.3, 0.4) is 0 Å². The summed E-state index contributed by atoms with van der Waals surface area (Å²) in [5.74, 6) is 1.43. The molecule has 8 heteroatoms. The van der Waals surface area contributed by atoms with Crippen molar-refractivity contribution in [3.05, 3.63) is 167 Å². The van der Waals surface area contributed by atoms with Crippen molar-refractivity contribution in [3.8, 4) is 45.0 Å². The van der Waals surface area contributed by atoms with Gasteiger partial charge in [0.15, 0.2) is 0 Å². The molecule has 0 bridgehead atoms. The van der Waals surface area contributed by atoms with Crippen LogP contribution in [0.5, 0.6) is 0 Å². The molecule has 0 N–H and O–H groups in total. The molecule has 0 aliphatic rings. The number of hydrogen-bond donors (Lipinski definition) is 0. The maximum atomic E-state index is 14.6. The molecule has 8 rings (SSSR count). The van der Waals surface area contributed by atoms with Gasteiger partial charge < -0.3 is 9.13 Å². The normalized spacial score (nSPS) is 11.7. The zero-order valence-corrected chi connectivity index (χ0v) is 36.0. The fraction of sp³-hybridized carbons (Fsp3) is 0.245. The van der Waals surface area contributed by atoms with Gasteiger partial charge in [0.25, 0.3) is 0 Å².